The molecular formula is C21H18FN5O2. The molecule has 8 heteroatoms. The molecular weight excluding hydrogens is 373 g/mol. The normalized spacial score (nSPS) is 10.9. The quantitative estimate of drug-likeness (QED) is 0.563. The molecule has 1 aromatic carbocycles. The Morgan fingerprint density at radius 3 is 2.38 bits per heavy atom. The number of hydrogen-bond donors (Lipinski definition) is 1. The van der Waals surface area contributed by atoms with Crippen LogP contribution in [0.3, 0.4) is 0 Å². The Labute approximate surface area is 166 Å². The SMILES string of the molecule is Cc1nc(Oc2ccccc2F)nc(C)c1NC(=O)c1c(C)nc2ccccn12. The molecule has 0 aliphatic heterocycles. The second-order valence-electron chi connectivity index (χ2n) is 6.51. The van der Waals surface area contributed by atoms with Crippen molar-refractivity contribution in [1.82, 2.24) is 19.4 Å². The van der Waals surface area contributed by atoms with Crippen LogP contribution in [-0.2, 0) is 0 Å². The highest BCUT2D eigenvalue weighted by Gasteiger charge is 2.19. The molecule has 0 spiro atoms. The highest BCUT2D eigenvalue weighted by molar-refractivity contribution is 6.05. The van der Waals surface area contributed by atoms with E-state index < -0.39 is 5.82 Å². The van der Waals surface area contributed by atoms with Crippen molar-refractivity contribution >= 4 is 17.2 Å². The van der Waals surface area contributed by atoms with Crippen LogP contribution in [-0.4, -0.2) is 25.3 Å². The largest absolute Gasteiger partial charge is 0.421 e. The van der Waals surface area contributed by atoms with Crippen molar-refractivity contribution in [3.05, 3.63) is 77.3 Å². The number of fused-ring (bicyclic) bond motifs is 1. The number of nitrogens with zero attached hydrogens (tertiary/aromatic N) is 4. The van der Waals surface area contributed by atoms with Gasteiger partial charge in [-0.2, -0.15) is 9.97 Å². The summed E-state index contributed by atoms with van der Waals surface area (Å²) in [6, 6.07) is 11.5. The van der Waals surface area contributed by atoms with E-state index in [1.165, 1.54) is 12.1 Å². The summed E-state index contributed by atoms with van der Waals surface area (Å²) in [6.07, 6.45) is 1.78. The molecule has 0 fully saturated rings. The Balaban J connectivity index is 1.63. The molecule has 4 aromatic rings. The number of ether oxygens (including phenoxy) is 1. The highest BCUT2D eigenvalue weighted by Crippen LogP contribution is 2.25. The van der Waals surface area contributed by atoms with Crippen LogP contribution in [0.2, 0.25) is 0 Å². The Morgan fingerprint density at radius 2 is 1.66 bits per heavy atom. The number of imidazole rings is 1. The van der Waals surface area contributed by atoms with Gasteiger partial charge in [0.15, 0.2) is 11.6 Å². The van der Waals surface area contributed by atoms with E-state index in [0.29, 0.717) is 34.1 Å². The van der Waals surface area contributed by atoms with Gasteiger partial charge in [-0.15, -0.1) is 0 Å². The van der Waals surface area contributed by atoms with Gasteiger partial charge in [0, 0.05) is 6.20 Å². The number of hydrogen-bond acceptors (Lipinski definition) is 5. The van der Waals surface area contributed by atoms with Gasteiger partial charge < -0.3 is 10.1 Å². The van der Waals surface area contributed by atoms with Crippen molar-refractivity contribution in [2.75, 3.05) is 5.32 Å². The lowest BCUT2D eigenvalue weighted by molar-refractivity contribution is 0.102. The van der Waals surface area contributed by atoms with Crippen molar-refractivity contribution in [2.24, 2.45) is 0 Å². The molecule has 0 aliphatic carbocycles. The van der Waals surface area contributed by atoms with Crippen molar-refractivity contribution in [2.45, 2.75) is 20.8 Å². The third kappa shape index (κ3) is 3.52. The molecule has 0 atom stereocenters. The average molecular weight is 391 g/mol. The third-order valence-corrected chi connectivity index (χ3v) is 4.45. The maximum atomic E-state index is 13.8. The molecule has 146 valence electrons. The average Bonchev–Trinajstić information content (AvgIpc) is 3.02. The molecule has 3 heterocycles. The Morgan fingerprint density at radius 1 is 0.966 bits per heavy atom. The van der Waals surface area contributed by atoms with E-state index in [0.717, 1.165) is 0 Å². The molecule has 0 radical (unpaired) electrons. The van der Waals surface area contributed by atoms with Crippen molar-refractivity contribution < 1.29 is 13.9 Å². The van der Waals surface area contributed by atoms with Crippen molar-refractivity contribution in [3.63, 3.8) is 0 Å². The van der Waals surface area contributed by atoms with Crippen LogP contribution in [0.25, 0.3) is 5.65 Å². The van der Waals surface area contributed by atoms with E-state index in [-0.39, 0.29) is 17.7 Å². The smallest absolute Gasteiger partial charge is 0.322 e. The first-order valence-electron chi connectivity index (χ1n) is 8.96. The summed E-state index contributed by atoms with van der Waals surface area (Å²) >= 11 is 0. The summed E-state index contributed by atoms with van der Waals surface area (Å²) in [5.41, 5.74) is 3.22. The van der Waals surface area contributed by atoms with Gasteiger partial charge in [-0.1, -0.05) is 18.2 Å². The zero-order valence-electron chi connectivity index (χ0n) is 16.1. The van der Waals surface area contributed by atoms with Gasteiger partial charge in [0.1, 0.15) is 11.3 Å². The molecule has 0 saturated carbocycles. The lowest BCUT2D eigenvalue weighted by Crippen LogP contribution is -2.18. The van der Waals surface area contributed by atoms with Crippen LogP contribution in [0, 0.1) is 26.6 Å². The van der Waals surface area contributed by atoms with Gasteiger partial charge >= 0.3 is 6.01 Å². The summed E-state index contributed by atoms with van der Waals surface area (Å²) in [5, 5.41) is 2.86. The number of carbonyl (C=O) groups excluding carboxylic acids is 1. The zero-order chi connectivity index (χ0) is 20.5. The third-order valence-electron chi connectivity index (χ3n) is 4.45. The molecule has 0 saturated heterocycles. The summed E-state index contributed by atoms with van der Waals surface area (Å²) < 4.78 is 21.0. The number of amides is 1. The molecule has 3 aromatic heterocycles. The standard InChI is InChI=1S/C21H18FN5O2/c1-12-18(13(2)25-21(24-12)29-16-9-5-4-8-15(16)22)26-20(28)19-14(3)23-17-10-6-7-11-27(17)19/h4-11H,1-3H3,(H,26,28). The minimum atomic E-state index is -0.508. The first kappa shape index (κ1) is 18.5. The lowest BCUT2D eigenvalue weighted by atomic mass is 10.2. The minimum Gasteiger partial charge on any atom is -0.421 e. The number of pyridine rings is 1. The van der Waals surface area contributed by atoms with Crippen LogP contribution < -0.4 is 10.1 Å². The second kappa shape index (κ2) is 7.31. The highest BCUT2D eigenvalue weighted by atomic mass is 19.1. The van der Waals surface area contributed by atoms with E-state index in [1.54, 1.807) is 43.5 Å². The van der Waals surface area contributed by atoms with Gasteiger partial charge in [0.25, 0.3) is 5.91 Å². The Hall–Kier alpha value is -3.81. The van der Waals surface area contributed by atoms with Crippen LogP contribution >= 0.6 is 0 Å². The number of halogens is 1. The topological polar surface area (TPSA) is 81.4 Å². The number of rotatable bonds is 4. The fraction of sp³-hybridized carbons (Fsp3) is 0.143. The first-order chi connectivity index (χ1) is 13.9. The molecule has 0 unspecified atom stereocenters. The molecule has 4 rings (SSSR count). The van der Waals surface area contributed by atoms with Gasteiger partial charge in [-0.05, 0) is 45.0 Å². The van der Waals surface area contributed by atoms with Gasteiger partial charge in [0.05, 0.1) is 22.8 Å². The number of carbonyl (C=O) groups is 1. The van der Waals surface area contributed by atoms with E-state index in [4.69, 9.17) is 4.74 Å². The van der Waals surface area contributed by atoms with Crippen LogP contribution in [0.4, 0.5) is 10.1 Å². The molecule has 29 heavy (non-hydrogen) atoms. The molecule has 1 N–H and O–H groups in total. The molecule has 0 bridgehead atoms. The first-order valence-corrected chi connectivity index (χ1v) is 8.96. The van der Waals surface area contributed by atoms with Crippen molar-refractivity contribution in [3.8, 4) is 11.8 Å². The predicted molar refractivity (Wildman–Crippen MR) is 106 cm³/mol. The van der Waals surface area contributed by atoms with Gasteiger partial charge in [-0.3, -0.25) is 9.20 Å². The van der Waals surface area contributed by atoms with Crippen molar-refractivity contribution in [1.29, 1.82) is 0 Å². The Kier molecular flexibility index (Phi) is 4.67. The van der Waals surface area contributed by atoms with E-state index >= 15 is 0 Å². The number of benzene rings is 1. The fourth-order valence-corrected chi connectivity index (χ4v) is 3.10. The van der Waals surface area contributed by atoms with Crippen LogP contribution in [0.5, 0.6) is 11.8 Å². The lowest BCUT2D eigenvalue weighted by Gasteiger charge is -2.13. The maximum absolute atomic E-state index is 13.8. The summed E-state index contributed by atoms with van der Waals surface area (Å²) in [4.78, 5) is 25.8. The number of anilines is 1. The summed E-state index contributed by atoms with van der Waals surface area (Å²) in [7, 11) is 0. The molecule has 1 amide bonds. The number of aromatic nitrogens is 4. The monoisotopic (exact) mass is 391 g/mol. The van der Waals surface area contributed by atoms with Crippen LogP contribution in [0.15, 0.2) is 48.7 Å². The van der Waals surface area contributed by atoms with E-state index in [1.807, 2.05) is 18.2 Å². The second-order valence-corrected chi connectivity index (χ2v) is 6.51. The maximum Gasteiger partial charge on any atom is 0.322 e. The van der Waals surface area contributed by atoms with E-state index in [2.05, 4.69) is 20.3 Å². The fourth-order valence-electron chi connectivity index (χ4n) is 3.10. The Bertz CT molecular complexity index is 1210. The number of aryl methyl sites for hydroxylation is 3. The summed E-state index contributed by atoms with van der Waals surface area (Å²) in [6.45, 7) is 5.23. The summed E-state index contributed by atoms with van der Waals surface area (Å²) in [5.74, 6) is -0.796. The van der Waals surface area contributed by atoms with Gasteiger partial charge in [-0.25, -0.2) is 9.37 Å². The zero-order valence-corrected chi connectivity index (χ0v) is 16.1. The number of para-hydroxylation sites is 1. The van der Waals surface area contributed by atoms with Crippen LogP contribution in [0.1, 0.15) is 27.6 Å². The number of nitrogens with one attached hydrogen (secondary N) is 1. The predicted octanol–water partition coefficient (Wildman–Crippen LogP) is 4.23. The molecule has 7 nitrogen and oxygen atoms in total. The minimum absolute atomic E-state index is 0.00841. The van der Waals surface area contributed by atoms with Gasteiger partial charge in [0.2, 0.25) is 0 Å². The van der Waals surface area contributed by atoms with E-state index in [9.17, 15) is 9.18 Å². The molecule has 0 aliphatic rings.